The van der Waals surface area contributed by atoms with Crippen LogP contribution in [-0.2, 0) is 0 Å². The molecule has 1 atom stereocenters. The van der Waals surface area contributed by atoms with Gasteiger partial charge in [0.15, 0.2) is 0 Å². The van der Waals surface area contributed by atoms with Gasteiger partial charge in [-0.15, -0.1) is 0 Å². The third kappa shape index (κ3) is 1.22. The lowest BCUT2D eigenvalue weighted by Crippen LogP contribution is -2.08. The van der Waals surface area contributed by atoms with Crippen molar-refractivity contribution < 1.29 is 0 Å². The number of nitrogens with zero attached hydrogens (tertiary/aromatic N) is 1. The molecule has 0 spiro atoms. The van der Waals surface area contributed by atoms with Crippen LogP contribution in [0, 0.1) is 0 Å². The second-order valence-corrected chi connectivity index (χ2v) is 3.74. The first kappa shape index (κ1) is 9.36. The molecule has 0 aliphatic carbocycles. The van der Waals surface area contributed by atoms with Gasteiger partial charge in [0.25, 0.3) is 5.56 Å². The number of benzene rings is 1. The SMILES string of the molecule is O=c1[nH]c(NP)nc2[nH]c3ccccc3c12. The van der Waals surface area contributed by atoms with Crippen molar-refractivity contribution in [2.45, 2.75) is 0 Å². The van der Waals surface area contributed by atoms with Gasteiger partial charge in [0.05, 0.1) is 5.39 Å². The average molecular weight is 232 g/mol. The van der Waals surface area contributed by atoms with Crippen molar-refractivity contribution in [1.82, 2.24) is 15.0 Å². The Morgan fingerprint density at radius 1 is 1.25 bits per heavy atom. The van der Waals surface area contributed by atoms with Crippen LogP contribution in [0.3, 0.4) is 0 Å². The summed E-state index contributed by atoms with van der Waals surface area (Å²) in [5, 5.41) is 4.22. The highest BCUT2D eigenvalue weighted by atomic mass is 31.0. The van der Waals surface area contributed by atoms with Crippen LogP contribution < -0.4 is 10.6 Å². The highest BCUT2D eigenvalue weighted by Crippen LogP contribution is 2.21. The third-order valence-electron chi connectivity index (χ3n) is 2.51. The van der Waals surface area contributed by atoms with Crippen molar-refractivity contribution in [2.24, 2.45) is 0 Å². The molecule has 2 aromatic heterocycles. The lowest BCUT2D eigenvalue weighted by Gasteiger charge is -1.97. The van der Waals surface area contributed by atoms with E-state index < -0.39 is 0 Å². The van der Waals surface area contributed by atoms with E-state index in [4.69, 9.17) is 0 Å². The molecular formula is C10H9N4OP. The van der Waals surface area contributed by atoms with E-state index in [1.807, 2.05) is 24.3 Å². The Labute approximate surface area is 92.5 Å². The van der Waals surface area contributed by atoms with E-state index in [1.165, 1.54) is 0 Å². The quantitative estimate of drug-likeness (QED) is 0.558. The summed E-state index contributed by atoms with van der Waals surface area (Å²) < 4.78 is 0. The smallest absolute Gasteiger partial charge is 0.262 e. The lowest BCUT2D eigenvalue weighted by molar-refractivity contribution is 1.18. The van der Waals surface area contributed by atoms with E-state index in [-0.39, 0.29) is 5.56 Å². The van der Waals surface area contributed by atoms with Gasteiger partial charge in [0, 0.05) is 10.9 Å². The topological polar surface area (TPSA) is 73.6 Å². The fourth-order valence-corrected chi connectivity index (χ4v) is 1.96. The van der Waals surface area contributed by atoms with E-state index >= 15 is 0 Å². The molecule has 3 aromatic rings. The van der Waals surface area contributed by atoms with Crippen LogP contribution in [0.2, 0.25) is 0 Å². The molecule has 1 unspecified atom stereocenters. The number of aromatic nitrogens is 3. The molecule has 1 aromatic carbocycles. The molecule has 16 heavy (non-hydrogen) atoms. The maximum atomic E-state index is 11.9. The molecule has 5 nitrogen and oxygen atoms in total. The number of anilines is 1. The standard InChI is InChI=1S/C10H9N4OP/c15-9-7-5-3-1-2-4-6(5)11-8(7)12-10(13-9)14-16/h1-4H,16H2,(H3,11,12,13,14,15). The van der Waals surface area contributed by atoms with Gasteiger partial charge in [-0.25, -0.2) is 0 Å². The van der Waals surface area contributed by atoms with Gasteiger partial charge in [-0.1, -0.05) is 18.2 Å². The molecule has 3 rings (SSSR count). The molecular weight excluding hydrogens is 223 g/mol. The molecule has 0 saturated heterocycles. The van der Waals surface area contributed by atoms with E-state index in [9.17, 15) is 4.79 Å². The maximum absolute atomic E-state index is 11.9. The van der Waals surface area contributed by atoms with Gasteiger partial charge in [0.1, 0.15) is 5.65 Å². The van der Waals surface area contributed by atoms with Gasteiger partial charge in [0.2, 0.25) is 5.95 Å². The first-order valence-electron chi connectivity index (χ1n) is 4.77. The zero-order chi connectivity index (χ0) is 11.1. The molecule has 3 N–H and O–H groups in total. The van der Waals surface area contributed by atoms with Crippen LogP contribution >= 0.6 is 9.39 Å². The number of para-hydroxylation sites is 1. The predicted octanol–water partition coefficient (Wildman–Crippen LogP) is 1.61. The highest BCUT2D eigenvalue weighted by molar-refractivity contribution is 7.18. The Morgan fingerprint density at radius 3 is 2.88 bits per heavy atom. The first-order chi connectivity index (χ1) is 7.79. The summed E-state index contributed by atoms with van der Waals surface area (Å²) in [6.45, 7) is 0. The van der Waals surface area contributed by atoms with E-state index in [0.717, 1.165) is 10.9 Å². The third-order valence-corrected chi connectivity index (χ3v) is 2.78. The summed E-state index contributed by atoms with van der Waals surface area (Å²) >= 11 is 0. The number of fused-ring (bicyclic) bond motifs is 3. The van der Waals surface area contributed by atoms with Crippen molar-refractivity contribution in [3.63, 3.8) is 0 Å². The van der Waals surface area contributed by atoms with Crippen LogP contribution in [-0.4, -0.2) is 15.0 Å². The van der Waals surface area contributed by atoms with Crippen molar-refractivity contribution in [3.05, 3.63) is 34.6 Å². The Bertz CT molecular complexity index is 730. The number of hydrogen-bond acceptors (Lipinski definition) is 3. The second-order valence-electron chi connectivity index (χ2n) is 3.45. The fraction of sp³-hybridized carbons (Fsp3) is 0. The van der Waals surface area contributed by atoms with Crippen LogP contribution in [0.1, 0.15) is 0 Å². The molecule has 80 valence electrons. The Hall–Kier alpha value is -1.87. The van der Waals surface area contributed by atoms with Crippen LogP contribution in [0.25, 0.3) is 21.9 Å². The monoisotopic (exact) mass is 232 g/mol. The van der Waals surface area contributed by atoms with Crippen molar-refractivity contribution in [2.75, 3.05) is 5.09 Å². The second kappa shape index (κ2) is 3.32. The van der Waals surface area contributed by atoms with E-state index in [2.05, 4.69) is 29.4 Å². The van der Waals surface area contributed by atoms with Crippen LogP contribution in [0.5, 0.6) is 0 Å². The molecule has 0 saturated carbocycles. The Morgan fingerprint density at radius 2 is 2.06 bits per heavy atom. The number of H-pyrrole nitrogens is 2. The summed E-state index contributed by atoms with van der Waals surface area (Å²) in [7, 11) is 2.30. The minimum Gasteiger partial charge on any atom is -0.340 e. The summed E-state index contributed by atoms with van der Waals surface area (Å²) in [5.41, 5.74) is 1.36. The lowest BCUT2D eigenvalue weighted by atomic mass is 10.2. The summed E-state index contributed by atoms with van der Waals surface area (Å²) in [6, 6.07) is 7.64. The van der Waals surface area contributed by atoms with Gasteiger partial charge in [-0.3, -0.25) is 9.78 Å². The van der Waals surface area contributed by atoms with Crippen molar-refractivity contribution in [3.8, 4) is 0 Å². The molecule has 0 fully saturated rings. The normalized spacial score (nSPS) is 11.1. The summed E-state index contributed by atoms with van der Waals surface area (Å²) in [6.07, 6.45) is 0. The van der Waals surface area contributed by atoms with Gasteiger partial charge >= 0.3 is 0 Å². The Kier molecular flexibility index (Phi) is 1.94. The molecule has 0 aliphatic rings. The zero-order valence-electron chi connectivity index (χ0n) is 8.24. The number of nitrogens with one attached hydrogen (secondary N) is 3. The molecule has 0 aliphatic heterocycles. The average Bonchev–Trinajstić information content (AvgIpc) is 2.67. The van der Waals surface area contributed by atoms with Gasteiger partial charge in [-0.2, -0.15) is 4.98 Å². The minimum absolute atomic E-state index is 0.146. The molecule has 0 amide bonds. The summed E-state index contributed by atoms with van der Waals surface area (Å²) in [5.74, 6) is 0.425. The highest BCUT2D eigenvalue weighted by Gasteiger charge is 2.09. The van der Waals surface area contributed by atoms with Crippen molar-refractivity contribution in [1.29, 1.82) is 0 Å². The zero-order valence-corrected chi connectivity index (χ0v) is 9.40. The molecule has 0 bridgehead atoms. The van der Waals surface area contributed by atoms with Crippen molar-refractivity contribution >= 4 is 37.3 Å². The largest absolute Gasteiger partial charge is 0.340 e. The summed E-state index contributed by atoms with van der Waals surface area (Å²) in [4.78, 5) is 21.9. The van der Waals surface area contributed by atoms with E-state index in [1.54, 1.807) is 0 Å². The van der Waals surface area contributed by atoms with E-state index in [0.29, 0.717) is 17.0 Å². The van der Waals surface area contributed by atoms with Crippen LogP contribution in [0.4, 0.5) is 5.95 Å². The fourth-order valence-electron chi connectivity index (χ4n) is 1.82. The molecule has 2 heterocycles. The van der Waals surface area contributed by atoms with Gasteiger partial charge < -0.3 is 10.1 Å². The molecule has 0 radical (unpaired) electrons. The van der Waals surface area contributed by atoms with Gasteiger partial charge in [-0.05, 0) is 15.5 Å². The number of hydrogen-bond donors (Lipinski definition) is 3. The number of aromatic amines is 2. The minimum atomic E-state index is -0.146. The first-order valence-corrected chi connectivity index (χ1v) is 5.34. The number of rotatable bonds is 1. The maximum Gasteiger partial charge on any atom is 0.262 e. The Balaban J connectivity index is 2.55. The van der Waals surface area contributed by atoms with Crippen LogP contribution in [0.15, 0.2) is 29.1 Å². The predicted molar refractivity (Wildman–Crippen MR) is 67.6 cm³/mol. The molecule has 6 heteroatoms.